The molecular weight excluding hydrogens is 410 g/mol. The minimum atomic E-state index is -0.603. The Kier molecular flexibility index (Phi) is 5.50. The number of nitrogens with zero attached hydrogens (tertiary/aromatic N) is 5. The quantitative estimate of drug-likeness (QED) is 0.374. The van der Waals surface area contributed by atoms with Gasteiger partial charge in [-0.15, -0.1) is 5.10 Å². The van der Waals surface area contributed by atoms with Gasteiger partial charge in [-0.2, -0.15) is 10.2 Å². The van der Waals surface area contributed by atoms with E-state index in [1.54, 1.807) is 10.8 Å². The van der Waals surface area contributed by atoms with E-state index in [4.69, 9.17) is 11.5 Å². The summed E-state index contributed by atoms with van der Waals surface area (Å²) < 4.78 is 3.53. The fourth-order valence-electron chi connectivity index (χ4n) is 3.26. The van der Waals surface area contributed by atoms with Crippen LogP contribution in [0.25, 0.3) is 11.4 Å². The number of aromatic nitrogens is 3. The molecule has 0 aliphatic carbocycles. The average molecular weight is 432 g/mol. The van der Waals surface area contributed by atoms with E-state index in [0.717, 1.165) is 39.7 Å². The zero-order valence-corrected chi connectivity index (χ0v) is 17.9. The molecule has 0 radical (unpaired) electrons. The van der Waals surface area contributed by atoms with Crippen LogP contribution in [-0.2, 0) is 0 Å². The van der Waals surface area contributed by atoms with Gasteiger partial charge in [-0.1, -0.05) is 47.7 Å². The Bertz CT molecular complexity index is 1330. The molecule has 0 saturated carbocycles. The van der Waals surface area contributed by atoms with E-state index in [-0.39, 0.29) is 10.7 Å². The van der Waals surface area contributed by atoms with E-state index < -0.39 is 5.91 Å². The van der Waals surface area contributed by atoms with Gasteiger partial charge in [0.1, 0.15) is 10.7 Å². The van der Waals surface area contributed by atoms with Gasteiger partial charge >= 0.3 is 0 Å². The topological polar surface area (TPSA) is 117 Å². The Morgan fingerprint density at radius 2 is 1.65 bits per heavy atom. The van der Waals surface area contributed by atoms with Crippen LogP contribution in [-0.4, -0.2) is 26.5 Å². The summed E-state index contributed by atoms with van der Waals surface area (Å²) in [5.74, 6) is -0.365. The van der Waals surface area contributed by atoms with Gasteiger partial charge in [0, 0.05) is 11.3 Å². The molecule has 4 N–H and O–H groups in total. The number of aryl methyl sites for hydroxylation is 1. The number of carbonyl (C=O) groups is 1. The molecule has 9 heteroatoms. The van der Waals surface area contributed by atoms with Crippen LogP contribution >= 0.6 is 11.3 Å². The molecule has 0 fully saturated rings. The molecule has 31 heavy (non-hydrogen) atoms. The first-order chi connectivity index (χ1) is 15.0. The highest BCUT2D eigenvalue weighted by Crippen LogP contribution is 2.20. The van der Waals surface area contributed by atoms with Gasteiger partial charge in [-0.05, 0) is 38.1 Å². The lowest BCUT2D eigenvalue weighted by atomic mass is 10.2. The first-order valence-corrected chi connectivity index (χ1v) is 10.3. The van der Waals surface area contributed by atoms with E-state index in [9.17, 15) is 4.79 Å². The number of amides is 1. The minimum absolute atomic E-state index is 0.238. The zero-order chi connectivity index (χ0) is 22.0. The molecule has 0 saturated heterocycles. The summed E-state index contributed by atoms with van der Waals surface area (Å²) in [6.07, 6.45) is 1.66. The summed E-state index contributed by atoms with van der Waals surface area (Å²) in [5.41, 5.74) is 16.1. The number of rotatable bonds is 5. The monoisotopic (exact) mass is 431 g/mol. The number of anilines is 1. The van der Waals surface area contributed by atoms with Crippen molar-refractivity contribution >= 4 is 29.3 Å². The lowest BCUT2D eigenvalue weighted by Gasteiger charge is -2.05. The lowest BCUT2D eigenvalue weighted by molar-refractivity contribution is 0.100. The minimum Gasteiger partial charge on any atom is -0.383 e. The second-order valence-electron chi connectivity index (χ2n) is 6.81. The fraction of sp³-hybridized carbons (Fsp3) is 0.0909. The van der Waals surface area contributed by atoms with Crippen LogP contribution < -0.4 is 16.3 Å². The largest absolute Gasteiger partial charge is 0.383 e. The van der Waals surface area contributed by atoms with Crippen molar-refractivity contribution in [3.8, 4) is 11.4 Å². The highest BCUT2D eigenvalue weighted by molar-refractivity contribution is 7.12. The molecule has 0 aliphatic heterocycles. The summed E-state index contributed by atoms with van der Waals surface area (Å²) in [7, 11) is 0. The maximum absolute atomic E-state index is 11.8. The third-order valence-electron chi connectivity index (χ3n) is 4.77. The predicted molar refractivity (Wildman–Crippen MR) is 123 cm³/mol. The van der Waals surface area contributed by atoms with E-state index in [1.807, 2.05) is 79.2 Å². The van der Waals surface area contributed by atoms with Crippen molar-refractivity contribution in [2.45, 2.75) is 13.8 Å². The van der Waals surface area contributed by atoms with Crippen molar-refractivity contribution in [2.24, 2.45) is 15.9 Å². The molecule has 0 unspecified atom stereocenters. The highest BCUT2D eigenvalue weighted by Gasteiger charge is 2.16. The van der Waals surface area contributed by atoms with Crippen molar-refractivity contribution in [2.75, 3.05) is 5.73 Å². The van der Waals surface area contributed by atoms with Gasteiger partial charge in [0.05, 0.1) is 23.3 Å². The van der Waals surface area contributed by atoms with Crippen LogP contribution in [0.15, 0.2) is 70.9 Å². The van der Waals surface area contributed by atoms with Crippen LogP contribution in [0.1, 0.15) is 26.6 Å². The number of carbonyl (C=O) groups excluding carboxylic acids is 1. The van der Waals surface area contributed by atoms with E-state index >= 15 is 0 Å². The zero-order valence-electron chi connectivity index (χ0n) is 17.1. The molecule has 1 amide bonds. The van der Waals surface area contributed by atoms with Gasteiger partial charge in [0.2, 0.25) is 4.80 Å². The highest BCUT2D eigenvalue weighted by atomic mass is 32.1. The van der Waals surface area contributed by atoms with Crippen molar-refractivity contribution < 1.29 is 4.79 Å². The summed E-state index contributed by atoms with van der Waals surface area (Å²) in [6.45, 7) is 3.90. The SMILES string of the molecule is Cc1nn(-c2ccccc2)c(C)c1/C=N/N=c1\sc(C(N)=O)c(N)n1-c1ccccc1. The molecule has 0 spiro atoms. The third-order valence-corrected chi connectivity index (χ3v) is 5.84. The number of para-hydroxylation sites is 2. The van der Waals surface area contributed by atoms with Gasteiger partial charge < -0.3 is 11.5 Å². The molecule has 156 valence electrons. The first kappa shape index (κ1) is 20.3. The second kappa shape index (κ2) is 8.41. The normalized spacial score (nSPS) is 12.0. The molecule has 0 aliphatic rings. The van der Waals surface area contributed by atoms with E-state index in [1.165, 1.54) is 0 Å². The summed E-state index contributed by atoms with van der Waals surface area (Å²) in [5, 5.41) is 13.2. The van der Waals surface area contributed by atoms with Gasteiger partial charge in [0.15, 0.2) is 0 Å². The van der Waals surface area contributed by atoms with Gasteiger partial charge in [-0.25, -0.2) is 4.68 Å². The number of hydrogen-bond acceptors (Lipinski definition) is 6. The van der Waals surface area contributed by atoms with Crippen molar-refractivity contribution in [3.05, 3.63) is 87.3 Å². The Hall–Kier alpha value is -3.98. The third kappa shape index (κ3) is 3.90. The summed E-state index contributed by atoms with van der Waals surface area (Å²) in [4.78, 5) is 12.5. The van der Waals surface area contributed by atoms with E-state index in [0.29, 0.717) is 4.80 Å². The first-order valence-electron chi connectivity index (χ1n) is 9.52. The molecular formula is C22H21N7OS. The van der Waals surface area contributed by atoms with E-state index in [2.05, 4.69) is 15.3 Å². The number of hydrogen-bond donors (Lipinski definition) is 2. The second-order valence-corrected chi connectivity index (χ2v) is 7.79. The molecule has 4 rings (SSSR count). The van der Waals surface area contributed by atoms with Crippen LogP contribution in [0.4, 0.5) is 5.82 Å². The van der Waals surface area contributed by atoms with Crippen LogP contribution in [0.2, 0.25) is 0 Å². The molecule has 4 aromatic rings. The van der Waals surface area contributed by atoms with Crippen molar-refractivity contribution in [1.82, 2.24) is 14.3 Å². The van der Waals surface area contributed by atoms with Crippen LogP contribution in [0, 0.1) is 13.8 Å². The Labute approximate surface area is 182 Å². The van der Waals surface area contributed by atoms with Gasteiger partial charge in [-0.3, -0.25) is 9.36 Å². The molecule has 8 nitrogen and oxygen atoms in total. The van der Waals surface area contributed by atoms with Crippen molar-refractivity contribution in [1.29, 1.82) is 0 Å². The average Bonchev–Trinajstić information content (AvgIpc) is 3.26. The van der Waals surface area contributed by atoms with Gasteiger partial charge in [0.25, 0.3) is 5.91 Å². The molecule has 0 bridgehead atoms. The number of primary amides is 1. The summed E-state index contributed by atoms with van der Waals surface area (Å²) >= 11 is 1.10. The smallest absolute Gasteiger partial charge is 0.262 e. The van der Waals surface area contributed by atoms with Crippen LogP contribution in [0.3, 0.4) is 0 Å². The standard InChI is InChI=1S/C22H21N7OS/c1-14-18(15(2)29(27-14)17-11-7-4-8-12-17)13-25-26-22-28(16-9-5-3-6-10-16)20(23)19(31-22)21(24)30/h3-13H,23H2,1-2H3,(H2,24,30)/b25-13+,26-22-. The number of nitrogen functional groups attached to an aromatic ring is 1. The Morgan fingerprint density at radius 3 is 2.26 bits per heavy atom. The molecule has 2 aromatic carbocycles. The maximum Gasteiger partial charge on any atom is 0.262 e. The molecule has 2 aromatic heterocycles. The number of nitrogens with two attached hydrogens (primary N) is 2. The predicted octanol–water partition coefficient (Wildman–Crippen LogP) is 2.96. The van der Waals surface area contributed by atoms with Crippen LogP contribution in [0.5, 0.6) is 0 Å². The fourth-order valence-corrected chi connectivity index (χ4v) is 4.12. The number of thiazole rings is 1. The maximum atomic E-state index is 11.8. The molecule has 0 atom stereocenters. The number of benzene rings is 2. The summed E-state index contributed by atoms with van der Waals surface area (Å²) in [6, 6.07) is 19.3. The Balaban J connectivity index is 1.77. The van der Waals surface area contributed by atoms with Crippen molar-refractivity contribution in [3.63, 3.8) is 0 Å². The lowest BCUT2D eigenvalue weighted by Crippen LogP contribution is -2.16. The molecule has 2 heterocycles. The Morgan fingerprint density at radius 1 is 1.03 bits per heavy atom.